The Morgan fingerprint density at radius 3 is 2.64 bits per heavy atom. The Kier molecular flexibility index (Phi) is 5.52. The number of likely N-dealkylation sites (tertiary alicyclic amines) is 1. The van der Waals surface area contributed by atoms with Gasteiger partial charge >= 0.3 is 0 Å². The van der Waals surface area contributed by atoms with E-state index in [1.165, 1.54) is 12.1 Å². The van der Waals surface area contributed by atoms with Crippen LogP contribution in [0.25, 0.3) is 0 Å². The van der Waals surface area contributed by atoms with Crippen molar-refractivity contribution in [2.45, 2.75) is 43.5 Å². The van der Waals surface area contributed by atoms with Crippen molar-refractivity contribution in [3.8, 4) is 0 Å². The molecule has 0 saturated carbocycles. The van der Waals surface area contributed by atoms with Crippen LogP contribution in [0.4, 0.5) is 4.39 Å². The van der Waals surface area contributed by atoms with E-state index in [2.05, 4.69) is 4.72 Å². The number of hydrogen-bond donors (Lipinski definition) is 1. The molecule has 1 fully saturated rings. The quantitative estimate of drug-likeness (QED) is 0.898. The summed E-state index contributed by atoms with van der Waals surface area (Å²) < 4.78 is 39.3. The Bertz CT molecular complexity index is 616. The van der Waals surface area contributed by atoms with Crippen LogP contribution in [0.2, 0.25) is 0 Å². The summed E-state index contributed by atoms with van der Waals surface area (Å²) in [5.41, 5.74) is 0. The summed E-state index contributed by atoms with van der Waals surface area (Å²) >= 11 is 0. The molecule has 1 aromatic carbocycles. The maximum atomic E-state index is 12.8. The molecule has 1 atom stereocenters. The summed E-state index contributed by atoms with van der Waals surface area (Å²) in [5, 5.41) is 0. The van der Waals surface area contributed by atoms with Crippen molar-refractivity contribution in [3.05, 3.63) is 30.1 Å². The molecular weight excluding hydrogens is 307 g/mol. The molecule has 0 spiro atoms. The van der Waals surface area contributed by atoms with Crippen LogP contribution in [0.15, 0.2) is 29.2 Å². The van der Waals surface area contributed by atoms with Gasteiger partial charge < -0.3 is 4.90 Å². The van der Waals surface area contributed by atoms with Crippen LogP contribution in [0, 0.1) is 5.82 Å². The van der Waals surface area contributed by atoms with Crippen molar-refractivity contribution in [3.63, 3.8) is 0 Å². The van der Waals surface area contributed by atoms with Crippen molar-refractivity contribution >= 4 is 15.9 Å². The second-order valence-electron chi connectivity index (χ2n) is 5.42. The Morgan fingerprint density at radius 2 is 2.00 bits per heavy atom. The molecule has 1 saturated heterocycles. The standard InChI is InChI=1S/C15H21FN2O3S/c1-2-13-5-3-4-10-18(13)15(19)11-17-22(20,21)14-8-6-12(16)7-9-14/h6-9,13,17H,2-5,10-11H2,1H3. The van der Waals surface area contributed by atoms with Crippen molar-refractivity contribution in [2.75, 3.05) is 13.1 Å². The molecule has 1 aliphatic heterocycles. The summed E-state index contributed by atoms with van der Waals surface area (Å²) in [5.74, 6) is -0.716. The number of rotatable bonds is 5. The molecule has 122 valence electrons. The van der Waals surface area contributed by atoms with Crippen molar-refractivity contribution in [1.29, 1.82) is 0 Å². The lowest BCUT2D eigenvalue weighted by Gasteiger charge is -2.35. The fourth-order valence-electron chi connectivity index (χ4n) is 2.71. The minimum atomic E-state index is -3.80. The lowest BCUT2D eigenvalue weighted by Crippen LogP contribution is -2.47. The van der Waals surface area contributed by atoms with Crippen LogP contribution in [-0.4, -0.2) is 38.4 Å². The molecule has 0 aliphatic carbocycles. The second-order valence-corrected chi connectivity index (χ2v) is 7.19. The van der Waals surface area contributed by atoms with E-state index < -0.39 is 15.8 Å². The predicted molar refractivity (Wildman–Crippen MR) is 81.2 cm³/mol. The van der Waals surface area contributed by atoms with Gasteiger partial charge in [-0.3, -0.25) is 4.79 Å². The fourth-order valence-corrected chi connectivity index (χ4v) is 3.68. The van der Waals surface area contributed by atoms with Gasteiger partial charge in [0.2, 0.25) is 15.9 Å². The minimum absolute atomic E-state index is 0.0487. The molecule has 5 nitrogen and oxygen atoms in total. The third kappa shape index (κ3) is 4.04. The first-order valence-corrected chi connectivity index (χ1v) is 8.97. The third-order valence-corrected chi connectivity index (χ3v) is 5.37. The average molecular weight is 328 g/mol. The zero-order valence-electron chi connectivity index (χ0n) is 12.6. The lowest BCUT2D eigenvalue weighted by molar-refractivity contribution is -0.133. The second kappa shape index (κ2) is 7.19. The topological polar surface area (TPSA) is 66.5 Å². The first kappa shape index (κ1) is 16.9. The van der Waals surface area contributed by atoms with Gasteiger partial charge in [-0.2, -0.15) is 0 Å². The largest absolute Gasteiger partial charge is 0.339 e. The molecule has 1 heterocycles. The Morgan fingerprint density at radius 1 is 1.32 bits per heavy atom. The van der Waals surface area contributed by atoms with E-state index in [1.807, 2.05) is 6.92 Å². The van der Waals surface area contributed by atoms with Gasteiger partial charge in [-0.1, -0.05) is 6.92 Å². The molecule has 7 heteroatoms. The molecule has 1 unspecified atom stereocenters. The number of benzene rings is 1. The van der Waals surface area contributed by atoms with Gasteiger partial charge in [-0.25, -0.2) is 17.5 Å². The Balaban J connectivity index is 1.99. The molecule has 22 heavy (non-hydrogen) atoms. The average Bonchev–Trinajstić information content (AvgIpc) is 2.53. The highest BCUT2D eigenvalue weighted by Crippen LogP contribution is 2.19. The van der Waals surface area contributed by atoms with Crippen LogP contribution in [-0.2, 0) is 14.8 Å². The molecule has 2 rings (SSSR count). The minimum Gasteiger partial charge on any atom is -0.339 e. The normalized spacial score (nSPS) is 19.2. The van der Waals surface area contributed by atoms with Gasteiger partial charge in [0.05, 0.1) is 11.4 Å². The molecule has 1 aromatic rings. The number of sulfonamides is 1. The maximum Gasteiger partial charge on any atom is 0.241 e. The summed E-state index contributed by atoms with van der Waals surface area (Å²) in [6.45, 7) is 2.44. The van der Waals surface area contributed by atoms with E-state index in [-0.39, 0.29) is 23.4 Å². The number of hydrogen-bond acceptors (Lipinski definition) is 3. The molecule has 1 amide bonds. The lowest BCUT2D eigenvalue weighted by atomic mass is 10.00. The SMILES string of the molecule is CCC1CCCCN1C(=O)CNS(=O)(=O)c1ccc(F)cc1. The Labute approximate surface area is 130 Å². The van der Waals surface area contributed by atoms with Crippen LogP contribution >= 0.6 is 0 Å². The monoisotopic (exact) mass is 328 g/mol. The van der Waals surface area contributed by atoms with Crippen molar-refractivity contribution < 1.29 is 17.6 Å². The number of nitrogens with one attached hydrogen (secondary N) is 1. The van der Waals surface area contributed by atoms with Crippen LogP contribution < -0.4 is 4.72 Å². The van der Waals surface area contributed by atoms with Crippen LogP contribution in [0.3, 0.4) is 0 Å². The van der Waals surface area contributed by atoms with Gasteiger partial charge in [0.15, 0.2) is 0 Å². The zero-order valence-corrected chi connectivity index (χ0v) is 13.4. The van der Waals surface area contributed by atoms with E-state index in [0.717, 1.165) is 37.8 Å². The van der Waals surface area contributed by atoms with Gasteiger partial charge in [0.1, 0.15) is 5.82 Å². The highest BCUT2D eigenvalue weighted by Gasteiger charge is 2.26. The molecule has 0 aromatic heterocycles. The highest BCUT2D eigenvalue weighted by molar-refractivity contribution is 7.89. The highest BCUT2D eigenvalue weighted by atomic mass is 32.2. The first-order valence-electron chi connectivity index (χ1n) is 7.48. The molecule has 0 bridgehead atoms. The molecule has 0 radical (unpaired) electrons. The molecule has 1 N–H and O–H groups in total. The molecular formula is C15H21FN2O3S. The number of nitrogens with zero attached hydrogens (tertiary/aromatic N) is 1. The summed E-state index contributed by atoms with van der Waals surface area (Å²) in [6.07, 6.45) is 3.89. The van der Waals surface area contributed by atoms with Crippen LogP contribution in [0.1, 0.15) is 32.6 Å². The number of carbonyl (C=O) groups is 1. The summed E-state index contributed by atoms with van der Waals surface area (Å²) in [6, 6.07) is 4.70. The summed E-state index contributed by atoms with van der Waals surface area (Å²) in [4.78, 5) is 14.0. The van der Waals surface area contributed by atoms with Gasteiger partial charge in [-0.15, -0.1) is 0 Å². The molecule has 1 aliphatic rings. The van der Waals surface area contributed by atoms with Crippen molar-refractivity contribution in [1.82, 2.24) is 9.62 Å². The van der Waals surface area contributed by atoms with E-state index >= 15 is 0 Å². The van der Waals surface area contributed by atoms with E-state index in [9.17, 15) is 17.6 Å². The summed E-state index contributed by atoms with van der Waals surface area (Å²) in [7, 11) is -3.80. The van der Waals surface area contributed by atoms with Gasteiger partial charge in [0.25, 0.3) is 0 Å². The fraction of sp³-hybridized carbons (Fsp3) is 0.533. The van der Waals surface area contributed by atoms with E-state index in [4.69, 9.17) is 0 Å². The first-order chi connectivity index (χ1) is 10.4. The number of carbonyl (C=O) groups excluding carboxylic acids is 1. The van der Waals surface area contributed by atoms with E-state index in [1.54, 1.807) is 4.90 Å². The smallest absolute Gasteiger partial charge is 0.241 e. The third-order valence-electron chi connectivity index (χ3n) is 3.96. The van der Waals surface area contributed by atoms with E-state index in [0.29, 0.717) is 6.54 Å². The number of halogens is 1. The predicted octanol–water partition coefficient (Wildman–Crippen LogP) is 1.90. The van der Waals surface area contributed by atoms with Gasteiger partial charge in [-0.05, 0) is 49.9 Å². The van der Waals surface area contributed by atoms with Crippen molar-refractivity contribution in [2.24, 2.45) is 0 Å². The van der Waals surface area contributed by atoms with Crippen LogP contribution in [0.5, 0.6) is 0 Å². The van der Waals surface area contributed by atoms with Gasteiger partial charge in [0, 0.05) is 12.6 Å². The maximum absolute atomic E-state index is 12.8. The number of amides is 1. The number of piperidine rings is 1. The zero-order chi connectivity index (χ0) is 16.2. The Hall–Kier alpha value is -1.47.